The van der Waals surface area contributed by atoms with Crippen LogP contribution in [0.15, 0.2) is 18.3 Å². The van der Waals surface area contributed by atoms with Gasteiger partial charge in [0, 0.05) is 30.9 Å². The first-order valence-corrected chi connectivity index (χ1v) is 10.1. The molecule has 2 bridgehead atoms. The molecule has 0 aliphatic heterocycles. The fourth-order valence-corrected chi connectivity index (χ4v) is 4.99. The molecule has 2 aromatic heterocycles. The summed E-state index contributed by atoms with van der Waals surface area (Å²) >= 11 is 0. The summed E-state index contributed by atoms with van der Waals surface area (Å²) in [5, 5.41) is 6.69. The van der Waals surface area contributed by atoms with Crippen LogP contribution in [0.25, 0.3) is 0 Å². The van der Waals surface area contributed by atoms with Crippen LogP contribution >= 0.6 is 0 Å². The summed E-state index contributed by atoms with van der Waals surface area (Å²) < 4.78 is 44.3. The van der Waals surface area contributed by atoms with Crippen molar-refractivity contribution in [2.75, 3.05) is 5.32 Å². The van der Waals surface area contributed by atoms with Crippen LogP contribution in [-0.4, -0.2) is 32.2 Å². The van der Waals surface area contributed by atoms with Crippen LogP contribution in [0.2, 0.25) is 0 Å². The molecule has 2 aromatic rings. The first-order chi connectivity index (χ1) is 14.4. The highest BCUT2D eigenvalue weighted by molar-refractivity contribution is 6.04. The summed E-state index contributed by atoms with van der Waals surface area (Å²) in [6, 6.07) is 2.76. The second-order valence-electron chi connectivity index (χ2n) is 8.94. The van der Waals surface area contributed by atoms with Crippen molar-refractivity contribution in [3.8, 4) is 0 Å². The lowest BCUT2D eigenvalue weighted by molar-refractivity contribution is 0.0111. The van der Waals surface area contributed by atoms with Gasteiger partial charge in [0.05, 0.1) is 0 Å². The topological polar surface area (TPSA) is 103 Å². The van der Waals surface area contributed by atoms with Gasteiger partial charge in [-0.2, -0.15) is 13.9 Å². The van der Waals surface area contributed by atoms with Crippen LogP contribution in [0.3, 0.4) is 0 Å². The van der Waals surface area contributed by atoms with Crippen LogP contribution in [-0.2, 0) is 12.5 Å². The SMILES string of the molecule is Cc1c(C(C)(F)F)nn(CC23CCC(F)(CC2)C3)c1C(=O)Nc1ccnc(C(N)=O)c1. The number of aromatic nitrogens is 3. The Labute approximate surface area is 177 Å². The molecule has 7 nitrogen and oxygen atoms in total. The Hall–Kier alpha value is -2.91. The van der Waals surface area contributed by atoms with Crippen molar-refractivity contribution in [3.05, 3.63) is 41.0 Å². The lowest BCUT2D eigenvalue weighted by Crippen LogP contribution is -2.27. The van der Waals surface area contributed by atoms with E-state index in [0.717, 1.165) is 6.92 Å². The fourth-order valence-electron chi connectivity index (χ4n) is 4.99. The van der Waals surface area contributed by atoms with E-state index in [1.165, 1.54) is 29.9 Å². The Morgan fingerprint density at radius 3 is 2.52 bits per heavy atom. The van der Waals surface area contributed by atoms with E-state index in [1.54, 1.807) is 0 Å². The van der Waals surface area contributed by atoms with Crippen molar-refractivity contribution in [2.45, 2.75) is 64.1 Å². The number of rotatable bonds is 6. The molecular weight excluding hydrogens is 411 g/mol. The molecule has 0 atom stereocenters. The summed E-state index contributed by atoms with van der Waals surface area (Å²) in [5.74, 6) is -4.66. The maximum atomic E-state index is 14.7. The van der Waals surface area contributed by atoms with Gasteiger partial charge in [0.25, 0.3) is 17.7 Å². The van der Waals surface area contributed by atoms with Crippen molar-refractivity contribution in [3.63, 3.8) is 0 Å². The molecule has 2 saturated carbocycles. The average molecular weight is 435 g/mol. The highest BCUT2D eigenvalue weighted by Crippen LogP contribution is 2.59. The van der Waals surface area contributed by atoms with Gasteiger partial charge in [0.15, 0.2) is 0 Å². The van der Waals surface area contributed by atoms with E-state index in [4.69, 9.17) is 5.73 Å². The lowest BCUT2D eigenvalue weighted by atomic mass is 9.84. The third kappa shape index (κ3) is 3.90. The lowest BCUT2D eigenvalue weighted by Gasteiger charge is -2.26. The molecule has 0 spiro atoms. The molecule has 2 amide bonds. The zero-order valence-electron chi connectivity index (χ0n) is 17.3. The van der Waals surface area contributed by atoms with Gasteiger partial charge in [-0.05, 0) is 56.6 Å². The van der Waals surface area contributed by atoms with Gasteiger partial charge in [-0.15, -0.1) is 0 Å². The second kappa shape index (κ2) is 7.06. The maximum absolute atomic E-state index is 14.7. The van der Waals surface area contributed by atoms with Gasteiger partial charge < -0.3 is 11.1 Å². The number of nitrogens with zero attached hydrogens (tertiary/aromatic N) is 3. The summed E-state index contributed by atoms with van der Waals surface area (Å²) in [7, 11) is 0. The highest BCUT2D eigenvalue weighted by atomic mass is 19.3. The standard InChI is InChI=1S/C21H24F3N5O2/c1-12-15(18(31)27-13-3-8-26-14(9-13)17(25)30)29(28-16(12)19(2,22)23)11-20-4-6-21(24,10-20)7-5-20/h3,8-9H,4-7,10-11H2,1-2H3,(H2,25,30)(H,26,27,31). The Morgan fingerprint density at radius 1 is 1.29 bits per heavy atom. The molecular formula is C21H24F3N5O2. The largest absolute Gasteiger partial charge is 0.364 e. The number of alkyl halides is 3. The zero-order chi connectivity index (χ0) is 22.6. The number of amides is 2. The minimum atomic E-state index is -3.24. The average Bonchev–Trinajstić information content (AvgIpc) is 3.29. The molecule has 0 aromatic carbocycles. The zero-order valence-corrected chi connectivity index (χ0v) is 17.3. The third-order valence-corrected chi connectivity index (χ3v) is 6.47. The molecule has 166 valence electrons. The Kier molecular flexibility index (Phi) is 4.86. The number of carbonyl (C=O) groups excluding carboxylic acids is 2. The number of nitrogens with one attached hydrogen (secondary N) is 1. The monoisotopic (exact) mass is 435 g/mol. The van der Waals surface area contributed by atoms with Crippen molar-refractivity contribution in [2.24, 2.45) is 11.1 Å². The fraction of sp³-hybridized carbons (Fsp3) is 0.524. The molecule has 2 aliphatic carbocycles. The van der Waals surface area contributed by atoms with Gasteiger partial charge >= 0.3 is 0 Å². The van der Waals surface area contributed by atoms with Gasteiger partial charge in [-0.3, -0.25) is 19.3 Å². The quantitative estimate of drug-likeness (QED) is 0.722. The predicted molar refractivity (Wildman–Crippen MR) is 107 cm³/mol. The summed E-state index contributed by atoms with van der Waals surface area (Å²) in [6.45, 7) is 2.35. The number of primary amides is 1. The molecule has 10 heteroatoms. The van der Waals surface area contributed by atoms with Crippen LogP contribution in [0.4, 0.5) is 18.9 Å². The molecule has 2 heterocycles. The number of anilines is 1. The Bertz CT molecular complexity index is 1050. The van der Waals surface area contributed by atoms with E-state index in [9.17, 15) is 22.8 Å². The number of pyridine rings is 1. The van der Waals surface area contributed by atoms with Crippen LogP contribution in [0.1, 0.15) is 71.3 Å². The molecule has 2 fully saturated rings. The van der Waals surface area contributed by atoms with E-state index in [-0.39, 0.29) is 29.2 Å². The smallest absolute Gasteiger partial charge is 0.289 e. The van der Waals surface area contributed by atoms with Crippen LogP contribution in [0, 0.1) is 12.3 Å². The molecule has 31 heavy (non-hydrogen) atoms. The van der Waals surface area contributed by atoms with E-state index >= 15 is 0 Å². The highest BCUT2D eigenvalue weighted by Gasteiger charge is 2.55. The van der Waals surface area contributed by atoms with E-state index < -0.39 is 34.5 Å². The summed E-state index contributed by atoms with van der Waals surface area (Å²) in [6.07, 6.45) is 3.81. The van der Waals surface area contributed by atoms with Gasteiger partial charge in [0.2, 0.25) is 0 Å². The normalized spacial score (nSPS) is 25.1. The first kappa shape index (κ1) is 21.3. The van der Waals surface area contributed by atoms with E-state index in [0.29, 0.717) is 32.1 Å². The molecule has 0 saturated heterocycles. The minimum Gasteiger partial charge on any atom is -0.364 e. The molecule has 0 unspecified atom stereocenters. The Balaban J connectivity index is 1.69. The summed E-state index contributed by atoms with van der Waals surface area (Å²) in [5.41, 5.74) is 3.40. The number of carbonyl (C=O) groups is 2. The van der Waals surface area contributed by atoms with Crippen molar-refractivity contribution >= 4 is 17.5 Å². The molecule has 2 aliphatic rings. The number of nitrogens with two attached hydrogens (primary N) is 1. The number of hydrogen-bond donors (Lipinski definition) is 2. The first-order valence-electron chi connectivity index (χ1n) is 10.1. The molecule has 4 rings (SSSR count). The van der Waals surface area contributed by atoms with Gasteiger partial charge in [0.1, 0.15) is 22.8 Å². The number of fused-ring (bicyclic) bond motifs is 2. The van der Waals surface area contributed by atoms with E-state index in [1.807, 2.05) is 0 Å². The van der Waals surface area contributed by atoms with Gasteiger partial charge in [-0.1, -0.05) is 0 Å². The van der Waals surface area contributed by atoms with Crippen LogP contribution in [0.5, 0.6) is 0 Å². The van der Waals surface area contributed by atoms with Crippen molar-refractivity contribution in [1.29, 1.82) is 0 Å². The maximum Gasteiger partial charge on any atom is 0.289 e. The van der Waals surface area contributed by atoms with E-state index in [2.05, 4.69) is 15.4 Å². The minimum absolute atomic E-state index is 0.00778. The Morgan fingerprint density at radius 2 is 1.97 bits per heavy atom. The van der Waals surface area contributed by atoms with Crippen molar-refractivity contribution in [1.82, 2.24) is 14.8 Å². The predicted octanol–water partition coefficient (Wildman–Crippen LogP) is 3.72. The number of halogens is 3. The number of hydrogen-bond acceptors (Lipinski definition) is 4. The van der Waals surface area contributed by atoms with Crippen LogP contribution < -0.4 is 11.1 Å². The second-order valence-corrected chi connectivity index (χ2v) is 8.94. The summed E-state index contributed by atoms with van der Waals surface area (Å²) in [4.78, 5) is 28.2. The van der Waals surface area contributed by atoms with Crippen molar-refractivity contribution < 1.29 is 22.8 Å². The van der Waals surface area contributed by atoms with Gasteiger partial charge in [-0.25, -0.2) is 4.39 Å². The molecule has 3 N–H and O–H groups in total. The third-order valence-electron chi connectivity index (χ3n) is 6.47. The molecule has 0 radical (unpaired) electrons.